The van der Waals surface area contributed by atoms with E-state index in [-0.39, 0.29) is 17.9 Å². The van der Waals surface area contributed by atoms with Crippen molar-refractivity contribution in [1.82, 2.24) is 15.3 Å². The van der Waals surface area contributed by atoms with Gasteiger partial charge in [-0.2, -0.15) is 5.10 Å². The Kier molecular flexibility index (Phi) is 6.72. The molecule has 3 aromatic rings. The topological polar surface area (TPSA) is 65.4 Å². The Labute approximate surface area is 188 Å². The molecule has 7 heteroatoms. The fourth-order valence-corrected chi connectivity index (χ4v) is 3.61. The Morgan fingerprint density at radius 1 is 1.19 bits per heavy atom. The van der Waals surface area contributed by atoms with E-state index in [0.29, 0.717) is 22.0 Å². The minimum absolute atomic E-state index is 0.235. The number of amides is 1. The van der Waals surface area contributed by atoms with Gasteiger partial charge in [0.25, 0.3) is 5.91 Å². The monoisotopic (exact) mass is 441 g/mol. The smallest absolute Gasteiger partial charge is 0.279 e. The Balaban J connectivity index is 1.89. The number of ether oxygens (including phenoxy) is 1. The van der Waals surface area contributed by atoms with Gasteiger partial charge in [-0.1, -0.05) is 50.6 Å². The molecule has 6 nitrogen and oxygen atoms in total. The Morgan fingerprint density at radius 3 is 2.55 bits per heavy atom. The Morgan fingerprint density at radius 2 is 1.94 bits per heavy atom. The van der Waals surface area contributed by atoms with Crippen LogP contribution in [0.1, 0.15) is 48.0 Å². The number of nitrogens with zero attached hydrogens (tertiary/aromatic N) is 2. The first-order chi connectivity index (χ1) is 14.6. The standard InChI is InChI=1S/C24H28ClN3O3/c1-15-12-19(30-6)11-10-17(15)14-31-27-23(29)20-21(16-8-7-9-18(25)13-16)28(5)26-22(20)24(2,3)4/h7-13H,14H2,1-6H3,(H,27,29). The zero-order chi connectivity index (χ0) is 22.8. The zero-order valence-electron chi connectivity index (χ0n) is 18.7. The molecule has 0 aliphatic rings. The maximum atomic E-state index is 13.2. The highest BCUT2D eigenvalue weighted by atomic mass is 35.5. The summed E-state index contributed by atoms with van der Waals surface area (Å²) in [5.41, 5.74) is 6.90. The van der Waals surface area contributed by atoms with Crippen LogP contribution in [0.2, 0.25) is 5.02 Å². The van der Waals surface area contributed by atoms with Crippen molar-refractivity contribution < 1.29 is 14.4 Å². The highest BCUT2D eigenvalue weighted by Crippen LogP contribution is 2.33. The molecule has 0 saturated carbocycles. The lowest BCUT2D eigenvalue weighted by atomic mass is 9.87. The molecule has 1 heterocycles. The van der Waals surface area contributed by atoms with E-state index >= 15 is 0 Å². The van der Waals surface area contributed by atoms with Gasteiger partial charge in [-0.25, -0.2) is 5.48 Å². The molecule has 31 heavy (non-hydrogen) atoms. The molecule has 0 saturated heterocycles. The van der Waals surface area contributed by atoms with Gasteiger partial charge >= 0.3 is 0 Å². The Hall–Kier alpha value is -2.83. The van der Waals surface area contributed by atoms with Crippen molar-refractivity contribution in [1.29, 1.82) is 0 Å². The van der Waals surface area contributed by atoms with Crippen molar-refractivity contribution in [3.8, 4) is 17.0 Å². The lowest BCUT2D eigenvalue weighted by Crippen LogP contribution is -2.27. The van der Waals surface area contributed by atoms with Crippen LogP contribution in [0.15, 0.2) is 42.5 Å². The van der Waals surface area contributed by atoms with Crippen molar-refractivity contribution in [3.63, 3.8) is 0 Å². The molecule has 0 atom stereocenters. The molecule has 0 aliphatic carbocycles. The largest absolute Gasteiger partial charge is 0.497 e. The van der Waals surface area contributed by atoms with Crippen LogP contribution in [-0.2, 0) is 23.9 Å². The Bertz CT molecular complexity index is 1100. The number of halogens is 1. The SMILES string of the molecule is COc1ccc(CONC(=O)c2c(C(C)(C)C)nn(C)c2-c2cccc(Cl)c2)c(C)c1. The molecule has 2 aromatic carbocycles. The van der Waals surface area contributed by atoms with E-state index in [4.69, 9.17) is 21.2 Å². The van der Waals surface area contributed by atoms with Gasteiger partial charge < -0.3 is 4.74 Å². The van der Waals surface area contributed by atoms with Crippen LogP contribution in [0.3, 0.4) is 0 Å². The van der Waals surface area contributed by atoms with Gasteiger partial charge in [-0.3, -0.25) is 14.3 Å². The molecule has 0 fully saturated rings. The number of carbonyl (C=O) groups is 1. The minimum atomic E-state index is -0.348. The molecule has 0 radical (unpaired) electrons. The average Bonchev–Trinajstić information content (AvgIpc) is 3.06. The van der Waals surface area contributed by atoms with E-state index in [1.807, 2.05) is 71.1 Å². The summed E-state index contributed by atoms with van der Waals surface area (Å²) >= 11 is 6.20. The molecule has 1 amide bonds. The fraction of sp³-hybridized carbons (Fsp3) is 0.333. The number of aryl methyl sites for hydroxylation is 2. The summed E-state index contributed by atoms with van der Waals surface area (Å²) in [6, 6.07) is 13.1. The van der Waals surface area contributed by atoms with Gasteiger partial charge in [0, 0.05) is 23.0 Å². The second-order valence-corrected chi connectivity index (χ2v) is 8.90. The van der Waals surface area contributed by atoms with Crippen molar-refractivity contribution in [3.05, 3.63) is 69.9 Å². The number of benzene rings is 2. The van der Waals surface area contributed by atoms with E-state index in [0.717, 1.165) is 22.4 Å². The summed E-state index contributed by atoms with van der Waals surface area (Å²) < 4.78 is 6.95. The quantitative estimate of drug-likeness (QED) is 0.533. The second kappa shape index (κ2) is 9.12. The molecule has 0 spiro atoms. The third-order valence-electron chi connectivity index (χ3n) is 5.03. The summed E-state index contributed by atoms with van der Waals surface area (Å²) in [7, 11) is 3.45. The van der Waals surface area contributed by atoms with Crippen LogP contribution in [0.25, 0.3) is 11.3 Å². The van der Waals surface area contributed by atoms with Crippen molar-refractivity contribution in [2.24, 2.45) is 7.05 Å². The van der Waals surface area contributed by atoms with Crippen LogP contribution in [0.4, 0.5) is 0 Å². The van der Waals surface area contributed by atoms with Crippen molar-refractivity contribution >= 4 is 17.5 Å². The zero-order valence-corrected chi connectivity index (χ0v) is 19.5. The first-order valence-corrected chi connectivity index (χ1v) is 10.4. The summed E-state index contributed by atoms with van der Waals surface area (Å²) in [5.74, 6) is 0.431. The van der Waals surface area contributed by atoms with Crippen LogP contribution in [-0.4, -0.2) is 22.8 Å². The van der Waals surface area contributed by atoms with Crippen molar-refractivity contribution in [2.45, 2.75) is 39.7 Å². The summed E-state index contributed by atoms with van der Waals surface area (Å²) in [4.78, 5) is 18.8. The van der Waals surface area contributed by atoms with E-state index in [1.165, 1.54) is 0 Å². The molecule has 1 aromatic heterocycles. The minimum Gasteiger partial charge on any atom is -0.497 e. The van der Waals surface area contributed by atoms with Crippen LogP contribution in [0, 0.1) is 6.92 Å². The molecular weight excluding hydrogens is 414 g/mol. The summed E-state index contributed by atoms with van der Waals surface area (Å²) in [6.07, 6.45) is 0. The number of aromatic nitrogens is 2. The number of nitrogens with one attached hydrogen (secondary N) is 1. The molecule has 0 bridgehead atoms. The van der Waals surface area contributed by atoms with E-state index in [2.05, 4.69) is 10.6 Å². The molecule has 0 unspecified atom stereocenters. The van der Waals surface area contributed by atoms with E-state index in [9.17, 15) is 4.79 Å². The van der Waals surface area contributed by atoms with Crippen LogP contribution >= 0.6 is 11.6 Å². The maximum Gasteiger partial charge on any atom is 0.279 e. The summed E-state index contributed by atoms with van der Waals surface area (Å²) in [6.45, 7) is 8.28. The fourth-order valence-electron chi connectivity index (χ4n) is 3.42. The molecule has 3 rings (SSSR count). The van der Waals surface area contributed by atoms with E-state index in [1.54, 1.807) is 17.9 Å². The van der Waals surface area contributed by atoms with Crippen molar-refractivity contribution in [2.75, 3.05) is 7.11 Å². The number of methoxy groups -OCH3 is 1. The van der Waals surface area contributed by atoms with Gasteiger partial charge in [0.15, 0.2) is 0 Å². The van der Waals surface area contributed by atoms with Gasteiger partial charge in [0.05, 0.1) is 24.1 Å². The number of carbonyl (C=O) groups excluding carboxylic acids is 1. The van der Waals surface area contributed by atoms with E-state index < -0.39 is 0 Å². The van der Waals surface area contributed by atoms with Crippen LogP contribution < -0.4 is 10.2 Å². The molecule has 1 N–H and O–H groups in total. The molecule has 0 aliphatic heterocycles. The maximum absolute atomic E-state index is 13.2. The number of hydroxylamine groups is 1. The van der Waals surface area contributed by atoms with Gasteiger partial charge in [0.2, 0.25) is 0 Å². The van der Waals surface area contributed by atoms with Gasteiger partial charge in [0.1, 0.15) is 12.4 Å². The number of hydrogen-bond donors (Lipinski definition) is 1. The summed E-state index contributed by atoms with van der Waals surface area (Å²) in [5, 5.41) is 5.24. The third-order valence-corrected chi connectivity index (χ3v) is 5.26. The second-order valence-electron chi connectivity index (χ2n) is 8.47. The molecular formula is C24H28ClN3O3. The molecule has 164 valence electrons. The highest BCUT2D eigenvalue weighted by Gasteiger charge is 2.30. The number of rotatable bonds is 6. The predicted octanol–water partition coefficient (Wildman–Crippen LogP) is 5.22. The van der Waals surface area contributed by atoms with Gasteiger partial charge in [-0.15, -0.1) is 0 Å². The predicted molar refractivity (Wildman–Crippen MR) is 122 cm³/mol. The highest BCUT2D eigenvalue weighted by molar-refractivity contribution is 6.30. The first-order valence-electron chi connectivity index (χ1n) is 10.0. The van der Waals surface area contributed by atoms with Gasteiger partial charge in [-0.05, 0) is 42.3 Å². The third kappa shape index (κ3) is 5.09. The van der Waals surface area contributed by atoms with Crippen LogP contribution in [0.5, 0.6) is 5.75 Å². The normalized spacial score (nSPS) is 11.5. The lowest BCUT2D eigenvalue weighted by molar-refractivity contribution is 0.0230. The average molecular weight is 442 g/mol. The number of hydrogen-bond acceptors (Lipinski definition) is 4. The first kappa shape index (κ1) is 22.8. The lowest BCUT2D eigenvalue weighted by Gasteiger charge is -2.18.